The van der Waals surface area contributed by atoms with Gasteiger partial charge in [-0.25, -0.2) is 4.98 Å². The fourth-order valence-electron chi connectivity index (χ4n) is 8.57. The highest BCUT2D eigenvalue weighted by atomic mass is 16.5. The normalized spacial score (nSPS) is 18.3. The van der Waals surface area contributed by atoms with Crippen molar-refractivity contribution in [3.05, 3.63) is 71.2 Å². The smallest absolute Gasteiger partial charge is 0.255 e. The number of carbonyl (C=O) groups is 6. The quantitative estimate of drug-likeness (QED) is 0.0619. The van der Waals surface area contributed by atoms with Gasteiger partial charge < -0.3 is 45.9 Å². The summed E-state index contributed by atoms with van der Waals surface area (Å²) in [5.41, 5.74) is 3.59. The Hall–Kier alpha value is -7.00. The van der Waals surface area contributed by atoms with Crippen LogP contribution in [0.15, 0.2) is 48.8 Å². The largest absolute Gasteiger partial charge is 0.495 e. The van der Waals surface area contributed by atoms with Gasteiger partial charge in [0.05, 0.1) is 44.9 Å². The predicted octanol–water partition coefficient (Wildman–Crippen LogP) is 2.24. The highest BCUT2D eigenvalue weighted by Crippen LogP contribution is 2.39. The van der Waals surface area contributed by atoms with E-state index >= 15 is 0 Å². The maximum absolute atomic E-state index is 13.2. The topological polar surface area (TPSA) is 256 Å². The maximum Gasteiger partial charge on any atom is 0.255 e. The van der Waals surface area contributed by atoms with Crippen molar-refractivity contribution in [3.8, 4) is 5.75 Å². The number of amides is 6. The summed E-state index contributed by atoms with van der Waals surface area (Å²) in [7, 11) is 1.52. The van der Waals surface area contributed by atoms with E-state index in [1.807, 2.05) is 6.92 Å². The Kier molecular flexibility index (Phi) is 13.4. The van der Waals surface area contributed by atoms with Crippen LogP contribution in [0.1, 0.15) is 83.8 Å². The number of fused-ring (bicyclic) bond motifs is 2. The molecule has 6 N–H and O–H groups in total. The monoisotopic (exact) mass is 877 g/mol. The van der Waals surface area contributed by atoms with Gasteiger partial charge in [0.2, 0.25) is 29.6 Å². The maximum atomic E-state index is 13.2. The van der Waals surface area contributed by atoms with Crippen LogP contribution in [0.2, 0.25) is 0 Å². The van der Waals surface area contributed by atoms with Crippen molar-refractivity contribution in [1.82, 2.24) is 45.8 Å². The molecule has 6 amide bonds. The first-order chi connectivity index (χ1) is 31.1. The lowest BCUT2D eigenvalue weighted by molar-refractivity contribution is -0.137. The van der Waals surface area contributed by atoms with Crippen LogP contribution in [-0.2, 0) is 43.5 Å². The Labute approximate surface area is 368 Å². The van der Waals surface area contributed by atoms with Gasteiger partial charge in [0.1, 0.15) is 35.8 Å². The Bertz CT molecular complexity index is 2440. The van der Waals surface area contributed by atoms with Gasteiger partial charge >= 0.3 is 0 Å². The summed E-state index contributed by atoms with van der Waals surface area (Å²) in [6.07, 6.45) is 8.70. The van der Waals surface area contributed by atoms with Crippen LogP contribution in [0, 0.1) is 0 Å². The van der Waals surface area contributed by atoms with Crippen molar-refractivity contribution in [2.75, 3.05) is 54.3 Å². The average Bonchev–Trinajstić information content (AvgIpc) is 4.07. The highest BCUT2D eigenvalue weighted by molar-refractivity contribution is 6.07. The van der Waals surface area contributed by atoms with Crippen molar-refractivity contribution in [2.45, 2.75) is 89.6 Å². The second-order valence-electron chi connectivity index (χ2n) is 16.0. The van der Waals surface area contributed by atoms with Crippen molar-refractivity contribution < 1.29 is 38.2 Å². The molecule has 0 radical (unpaired) electrons. The number of hydrogen-bond acceptors (Lipinski definition) is 15. The zero-order chi connectivity index (χ0) is 44.7. The minimum atomic E-state index is -0.747. The zero-order valence-corrected chi connectivity index (χ0v) is 35.6. The third-order valence-electron chi connectivity index (χ3n) is 11.8. The van der Waals surface area contributed by atoms with Crippen molar-refractivity contribution >= 4 is 64.3 Å². The molecule has 64 heavy (non-hydrogen) atoms. The van der Waals surface area contributed by atoms with E-state index in [-0.39, 0.29) is 80.8 Å². The lowest BCUT2D eigenvalue weighted by Gasteiger charge is -2.40. The SMILES string of the molecule is CC[C@@H]1C(=O)Nc2cnc(Nc3ccc(C(=O)NCc4cn(CCNCCOCC(=O)Nc5cccc6c5CN(C5CCC(=O)NC5=O)C6=O)nn4)cc3OC)nc2N1C1CCCC1. The first kappa shape index (κ1) is 43.6. The van der Waals surface area contributed by atoms with E-state index in [4.69, 9.17) is 14.5 Å². The lowest BCUT2D eigenvalue weighted by atomic mass is 10.0. The number of hydrogen-bond donors (Lipinski definition) is 6. The molecule has 336 valence electrons. The lowest BCUT2D eigenvalue weighted by Crippen LogP contribution is -2.52. The van der Waals surface area contributed by atoms with Crippen LogP contribution < -0.4 is 41.5 Å². The van der Waals surface area contributed by atoms with E-state index in [1.165, 1.54) is 12.0 Å². The number of piperidine rings is 1. The Morgan fingerprint density at radius 1 is 0.984 bits per heavy atom. The summed E-state index contributed by atoms with van der Waals surface area (Å²) < 4.78 is 12.8. The number of nitrogens with zero attached hydrogens (tertiary/aromatic N) is 7. The third-order valence-corrected chi connectivity index (χ3v) is 11.8. The zero-order valence-electron chi connectivity index (χ0n) is 35.6. The first-order valence-corrected chi connectivity index (χ1v) is 21.5. The van der Waals surface area contributed by atoms with Gasteiger partial charge in [0.15, 0.2) is 5.82 Å². The van der Waals surface area contributed by atoms with Gasteiger partial charge in [-0.15, -0.1) is 5.10 Å². The summed E-state index contributed by atoms with van der Waals surface area (Å²) >= 11 is 0. The molecule has 2 atom stereocenters. The van der Waals surface area contributed by atoms with Gasteiger partial charge in [0, 0.05) is 54.5 Å². The molecule has 2 aromatic heterocycles. The van der Waals surface area contributed by atoms with E-state index in [0.717, 1.165) is 25.7 Å². The van der Waals surface area contributed by atoms with Crippen molar-refractivity contribution in [3.63, 3.8) is 0 Å². The molecule has 1 saturated heterocycles. The summed E-state index contributed by atoms with van der Waals surface area (Å²) in [4.78, 5) is 88.7. The minimum absolute atomic E-state index is 0.0408. The summed E-state index contributed by atoms with van der Waals surface area (Å²) in [5, 5.41) is 25.7. The van der Waals surface area contributed by atoms with E-state index < -0.39 is 11.9 Å². The number of anilines is 5. The molecule has 4 aliphatic rings. The predicted molar refractivity (Wildman–Crippen MR) is 232 cm³/mol. The van der Waals surface area contributed by atoms with Crippen LogP contribution in [0.25, 0.3) is 0 Å². The second-order valence-corrected chi connectivity index (χ2v) is 16.0. The second kappa shape index (κ2) is 19.6. The number of methoxy groups -OCH3 is 1. The third kappa shape index (κ3) is 9.64. The Balaban J connectivity index is 0.747. The van der Waals surface area contributed by atoms with E-state index in [9.17, 15) is 28.8 Å². The van der Waals surface area contributed by atoms with Crippen molar-refractivity contribution in [2.24, 2.45) is 0 Å². The molecule has 5 heterocycles. The number of imide groups is 1. The standard InChI is InChI=1S/C43H51N13O8/c1-3-33-40(60)48-32-21-46-43(51-38(32)56(33)27-7-4-5-8-27)49-31-12-11-25(19-35(31)63-2)39(59)45-20-26-22-54(53-52-26)17-15-44-16-18-64-24-37(58)47-30-10-6-9-28-29(30)23-55(42(28)62)34-13-14-36(57)50-41(34)61/h6,9-12,19,21-22,27,33-34,44H,3-5,7-8,13-18,20,23-24H2,1-2H3,(H,45,59)(H,47,58)(H,48,60)(H,46,49,51)(H,50,57,61)/t33-,34?/m1/s1. The van der Waals surface area contributed by atoms with Crippen LogP contribution >= 0.6 is 0 Å². The Morgan fingerprint density at radius 2 is 1.83 bits per heavy atom. The molecule has 1 saturated carbocycles. The number of carbonyl (C=O) groups excluding carboxylic acids is 6. The number of rotatable bonds is 18. The number of ether oxygens (including phenoxy) is 2. The van der Waals surface area contributed by atoms with Gasteiger partial charge in [-0.1, -0.05) is 31.0 Å². The number of benzene rings is 2. The number of nitrogens with one attached hydrogen (secondary N) is 6. The molecule has 3 aliphatic heterocycles. The molecule has 1 unspecified atom stereocenters. The molecular weight excluding hydrogens is 827 g/mol. The van der Waals surface area contributed by atoms with Crippen LogP contribution in [0.3, 0.4) is 0 Å². The molecular formula is C43H51N13O8. The van der Waals surface area contributed by atoms with E-state index in [0.29, 0.717) is 83.0 Å². The van der Waals surface area contributed by atoms with Crippen LogP contribution in [0.5, 0.6) is 5.75 Å². The van der Waals surface area contributed by atoms with Gasteiger partial charge in [0.25, 0.3) is 11.8 Å². The Morgan fingerprint density at radius 3 is 2.62 bits per heavy atom. The van der Waals surface area contributed by atoms with Crippen LogP contribution in [0.4, 0.5) is 28.8 Å². The molecule has 1 aliphatic carbocycles. The fourth-order valence-corrected chi connectivity index (χ4v) is 8.57. The van der Waals surface area contributed by atoms with Gasteiger partial charge in [-0.2, -0.15) is 4.98 Å². The summed E-state index contributed by atoms with van der Waals surface area (Å²) in [6, 6.07) is 9.24. The molecule has 2 fully saturated rings. The number of aromatic nitrogens is 5. The molecule has 0 spiro atoms. The molecule has 8 rings (SSSR count). The highest BCUT2D eigenvalue weighted by Gasteiger charge is 2.41. The average molecular weight is 878 g/mol. The van der Waals surface area contributed by atoms with Gasteiger partial charge in [-0.3, -0.25) is 38.8 Å². The van der Waals surface area contributed by atoms with Crippen molar-refractivity contribution in [1.29, 1.82) is 0 Å². The molecule has 4 aromatic rings. The molecule has 2 aromatic carbocycles. The first-order valence-electron chi connectivity index (χ1n) is 21.5. The fraction of sp³-hybridized carbons (Fsp3) is 0.442. The van der Waals surface area contributed by atoms with Gasteiger partial charge in [-0.05, 0) is 56.0 Å². The molecule has 21 heteroatoms. The van der Waals surface area contributed by atoms with Crippen LogP contribution in [-0.4, -0.2) is 117 Å². The summed E-state index contributed by atoms with van der Waals surface area (Å²) in [6.45, 7) is 3.88. The minimum Gasteiger partial charge on any atom is -0.495 e. The molecule has 0 bridgehead atoms. The molecule has 21 nitrogen and oxygen atoms in total. The van der Waals surface area contributed by atoms with E-state index in [1.54, 1.807) is 53.5 Å². The van der Waals surface area contributed by atoms with E-state index in [2.05, 4.69) is 52.1 Å². The summed E-state index contributed by atoms with van der Waals surface area (Å²) in [5.74, 6) is -0.473.